The van der Waals surface area contributed by atoms with Gasteiger partial charge < -0.3 is 0 Å². The molecule has 1 aliphatic carbocycles. The summed E-state index contributed by atoms with van der Waals surface area (Å²) in [6.07, 6.45) is 4.39. The lowest BCUT2D eigenvalue weighted by atomic mass is 9.95. The number of aryl methyl sites for hydroxylation is 1. The van der Waals surface area contributed by atoms with E-state index in [-0.39, 0.29) is 5.92 Å². The number of hydrogen-bond donors (Lipinski definition) is 0. The first-order valence-corrected chi connectivity index (χ1v) is 9.75. The van der Waals surface area contributed by atoms with Gasteiger partial charge in [0.2, 0.25) is 0 Å². The first-order valence-electron chi connectivity index (χ1n) is 9.75. The average Bonchev–Trinajstić information content (AvgIpc) is 3.08. The lowest BCUT2D eigenvalue weighted by molar-refractivity contribution is 0.276. The Hall–Kier alpha value is -1.67. The van der Waals surface area contributed by atoms with E-state index in [1.807, 2.05) is 0 Å². The third-order valence-corrected chi connectivity index (χ3v) is 5.48. The van der Waals surface area contributed by atoms with Gasteiger partial charge in [0, 0.05) is 12.5 Å². The molecule has 2 unspecified atom stereocenters. The van der Waals surface area contributed by atoms with Crippen molar-refractivity contribution in [1.29, 1.82) is 0 Å². The summed E-state index contributed by atoms with van der Waals surface area (Å²) >= 11 is 0. The van der Waals surface area contributed by atoms with Crippen LogP contribution in [0.4, 0.5) is 4.39 Å². The van der Waals surface area contributed by atoms with Crippen LogP contribution in [0.25, 0.3) is 0 Å². The van der Waals surface area contributed by atoms with Crippen molar-refractivity contribution in [2.45, 2.75) is 57.7 Å². The van der Waals surface area contributed by atoms with Gasteiger partial charge in [0.25, 0.3) is 0 Å². The zero-order valence-corrected chi connectivity index (χ0v) is 15.3. The van der Waals surface area contributed by atoms with Gasteiger partial charge in [-0.15, -0.1) is 0 Å². The van der Waals surface area contributed by atoms with Crippen molar-refractivity contribution >= 4 is 0 Å². The molecule has 134 valence electrons. The lowest BCUT2D eigenvalue weighted by Gasteiger charge is -2.20. The zero-order chi connectivity index (χ0) is 17.5. The molecule has 1 fully saturated rings. The maximum absolute atomic E-state index is 13.9. The number of rotatable bonds is 8. The molecule has 1 saturated carbocycles. The molecular formula is C23H30FN. The number of nitrogens with zero attached hydrogens (tertiary/aromatic N) is 1. The average molecular weight is 339 g/mol. The number of hydrogen-bond acceptors (Lipinski definition) is 1. The Morgan fingerprint density at radius 1 is 0.960 bits per heavy atom. The minimum absolute atomic E-state index is 0.135. The molecule has 0 heterocycles. The Morgan fingerprint density at radius 3 is 2.36 bits per heavy atom. The van der Waals surface area contributed by atoms with E-state index in [2.05, 4.69) is 66.4 Å². The fourth-order valence-corrected chi connectivity index (χ4v) is 3.92. The number of halogens is 1. The maximum Gasteiger partial charge on any atom is 0.107 e. The topological polar surface area (TPSA) is 3.24 Å². The second-order valence-electron chi connectivity index (χ2n) is 7.25. The van der Waals surface area contributed by atoms with Crippen LogP contribution in [-0.2, 0) is 13.0 Å². The standard InChI is InChI=1S/C23H30FN/c1-2-25(18-20-8-4-3-5-9-20)17-7-10-19-13-15-21(16-14-19)22-11-6-12-23(22)24/h3-5,8-9,13-16,22-23H,2,6-7,10-12,17-18H2,1H3. The molecule has 1 aliphatic rings. The van der Waals surface area contributed by atoms with Crippen LogP contribution >= 0.6 is 0 Å². The van der Waals surface area contributed by atoms with E-state index in [4.69, 9.17) is 0 Å². The third kappa shape index (κ3) is 5.15. The van der Waals surface area contributed by atoms with E-state index >= 15 is 0 Å². The second-order valence-corrected chi connectivity index (χ2v) is 7.25. The van der Waals surface area contributed by atoms with Crippen LogP contribution in [0.2, 0.25) is 0 Å². The van der Waals surface area contributed by atoms with Crippen molar-refractivity contribution in [3.8, 4) is 0 Å². The van der Waals surface area contributed by atoms with E-state index in [1.54, 1.807) is 0 Å². The number of alkyl halides is 1. The molecule has 3 rings (SSSR count). The molecule has 0 aliphatic heterocycles. The van der Waals surface area contributed by atoms with E-state index in [0.717, 1.165) is 51.7 Å². The van der Waals surface area contributed by atoms with Crippen LogP contribution in [0, 0.1) is 0 Å². The van der Waals surface area contributed by atoms with Crippen LogP contribution in [0.5, 0.6) is 0 Å². The molecule has 0 aromatic heterocycles. The molecule has 1 nitrogen and oxygen atoms in total. The van der Waals surface area contributed by atoms with Crippen LogP contribution < -0.4 is 0 Å². The molecule has 2 heteroatoms. The first-order chi connectivity index (χ1) is 12.3. The SMILES string of the molecule is CCN(CCCc1ccc(C2CCCC2F)cc1)Cc1ccccc1. The first kappa shape index (κ1) is 18.1. The summed E-state index contributed by atoms with van der Waals surface area (Å²) in [6.45, 7) is 5.44. The van der Waals surface area contributed by atoms with Crippen LogP contribution in [0.3, 0.4) is 0 Å². The van der Waals surface area contributed by atoms with Gasteiger partial charge in [0.1, 0.15) is 6.17 Å². The van der Waals surface area contributed by atoms with Crippen molar-refractivity contribution in [2.75, 3.05) is 13.1 Å². The Labute approximate surface area is 151 Å². The van der Waals surface area contributed by atoms with Gasteiger partial charge in [0.05, 0.1) is 0 Å². The minimum Gasteiger partial charge on any atom is -0.299 e. The summed E-state index contributed by atoms with van der Waals surface area (Å²) in [4.78, 5) is 2.50. The molecule has 0 N–H and O–H groups in total. The van der Waals surface area contributed by atoms with Gasteiger partial charge >= 0.3 is 0 Å². The van der Waals surface area contributed by atoms with Crippen LogP contribution in [0.15, 0.2) is 54.6 Å². The summed E-state index contributed by atoms with van der Waals surface area (Å²) in [7, 11) is 0. The van der Waals surface area contributed by atoms with E-state index in [0.29, 0.717) is 0 Å². The largest absolute Gasteiger partial charge is 0.299 e. The quantitative estimate of drug-likeness (QED) is 0.592. The number of benzene rings is 2. The summed E-state index contributed by atoms with van der Waals surface area (Å²) < 4.78 is 13.9. The van der Waals surface area contributed by atoms with Gasteiger partial charge in [-0.25, -0.2) is 4.39 Å². The molecule has 2 aromatic rings. The van der Waals surface area contributed by atoms with Gasteiger partial charge in [-0.05, 0) is 61.9 Å². The smallest absolute Gasteiger partial charge is 0.107 e. The van der Waals surface area contributed by atoms with E-state index in [9.17, 15) is 4.39 Å². The predicted molar refractivity (Wildman–Crippen MR) is 104 cm³/mol. The molecular weight excluding hydrogens is 309 g/mol. The fourth-order valence-electron chi connectivity index (χ4n) is 3.92. The molecule has 25 heavy (non-hydrogen) atoms. The maximum atomic E-state index is 13.9. The molecule has 2 atom stereocenters. The van der Waals surface area contributed by atoms with E-state index < -0.39 is 6.17 Å². The van der Waals surface area contributed by atoms with Gasteiger partial charge in [-0.2, -0.15) is 0 Å². The van der Waals surface area contributed by atoms with Gasteiger partial charge in [0.15, 0.2) is 0 Å². The lowest BCUT2D eigenvalue weighted by Crippen LogP contribution is -2.24. The summed E-state index contributed by atoms with van der Waals surface area (Å²) in [6, 6.07) is 19.4. The van der Waals surface area contributed by atoms with Crippen molar-refractivity contribution < 1.29 is 4.39 Å². The van der Waals surface area contributed by atoms with Crippen molar-refractivity contribution in [3.63, 3.8) is 0 Å². The Balaban J connectivity index is 1.46. The van der Waals surface area contributed by atoms with Crippen molar-refractivity contribution in [2.24, 2.45) is 0 Å². The fraction of sp³-hybridized carbons (Fsp3) is 0.478. The van der Waals surface area contributed by atoms with E-state index in [1.165, 1.54) is 16.7 Å². The molecule has 0 bridgehead atoms. The minimum atomic E-state index is -0.637. The Bertz CT molecular complexity index is 622. The van der Waals surface area contributed by atoms with Crippen LogP contribution in [-0.4, -0.2) is 24.2 Å². The molecule has 2 aromatic carbocycles. The highest BCUT2D eigenvalue weighted by molar-refractivity contribution is 5.27. The highest BCUT2D eigenvalue weighted by atomic mass is 19.1. The van der Waals surface area contributed by atoms with Crippen molar-refractivity contribution in [1.82, 2.24) is 4.90 Å². The van der Waals surface area contributed by atoms with Gasteiger partial charge in [-0.3, -0.25) is 4.90 Å². The van der Waals surface area contributed by atoms with Crippen LogP contribution in [0.1, 0.15) is 55.2 Å². The third-order valence-electron chi connectivity index (χ3n) is 5.48. The molecule has 0 radical (unpaired) electrons. The normalized spacial score (nSPS) is 20.3. The second kappa shape index (κ2) is 9.15. The molecule has 0 amide bonds. The van der Waals surface area contributed by atoms with Gasteiger partial charge in [-0.1, -0.05) is 61.5 Å². The van der Waals surface area contributed by atoms with Crippen molar-refractivity contribution in [3.05, 3.63) is 71.3 Å². The predicted octanol–water partition coefficient (Wildman–Crippen LogP) is 5.75. The Kier molecular flexibility index (Phi) is 6.63. The monoisotopic (exact) mass is 339 g/mol. The zero-order valence-electron chi connectivity index (χ0n) is 15.3. The highest BCUT2D eigenvalue weighted by Gasteiger charge is 2.27. The summed E-state index contributed by atoms with van der Waals surface area (Å²) in [5, 5.41) is 0. The summed E-state index contributed by atoms with van der Waals surface area (Å²) in [5.41, 5.74) is 3.94. The molecule has 0 spiro atoms. The Morgan fingerprint density at radius 2 is 1.72 bits per heavy atom. The summed E-state index contributed by atoms with van der Waals surface area (Å²) in [5.74, 6) is 0.135. The molecule has 0 saturated heterocycles. The highest BCUT2D eigenvalue weighted by Crippen LogP contribution is 2.36.